The van der Waals surface area contributed by atoms with Crippen LogP contribution in [-0.2, 0) is 10.2 Å². The van der Waals surface area contributed by atoms with Gasteiger partial charge in [0.05, 0.1) is 5.56 Å². The molecular weight excluding hydrogens is 296 g/mol. The summed E-state index contributed by atoms with van der Waals surface area (Å²) in [7, 11) is -3.41. The summed E-state index contributed by atoms with van der Waals surface area (Å²) < 4.78 is 33.0. The van der Waals surface area contributed by atoms with E-state index >= 15 is 0 Å². The number of hydrogen-bond acceptors (Lipinski definition) is 4. The largest absolute Gasteiger partial charge is 0.492 e. The predicted molar refractivity (Wildman–Crippen MR) is 76.6 cm³/mol. The Labute approximate surface area is 123 Å². The summed E-state index contributed by atoms with van der Waals surface area (Å²) >= 11 is 0. The van der Waals surface area contributed by atoms with Crippen molar-refractivity contribution in [3.05, 3.63) is 29.8 Å². The maximum absolute atomic E-state index is 11.9. The molecule has 0 saturated carbocycles. The first-order valence-corrected chi connectivity index (χ1v) is 8.14. The lowest BCUT2D eigenvalue weighted by Crippen LogP contribution is -2.40. The fourth-order valence-electron chi connectivity index (χ4n) is 2.05. The summed E-state index contributed by atoms with van der Waals surface area (Å²) in [6.07, 6.45) is 1.79. The average Bonchev–Trinajstić information content (AvgIpc) is 2.99. The topological polar surface area (TPSA) is 95.9 Å². The quantitative estimate of drug-likeness (QED) is 0.722. The molecule has 0 aromatic heterocycles. The maximum atomic E-state index is 11.9. The van der Waals surface area contributed by atoms with E-state index in [4.69, 9.17) is 9.84 Å². The smallest absolute Gasteiger partial charge is 0.335 e. The van der Waals surface area contributed by atoms with Crippen molar-refractivity contribution < 1.29 is 23.1 Å². The third kappa shape index (κ3) is 4.42. The van der Waals surface area contributed by atoms with E-state index in [1.54, 1.807) is 12.1 Å². The highest BCUT2D eigenvalue weighted by molar-refractivity contribution is 7.87. The van der Waals surface area contributed by atoms with Crippen LogP contribution in [0.4, 0.5) is 0 Å². The van der Waals surface area contributed by atoms with Crippen LogP contribution in [0.5, 0.6) is 5.75 Å². The van der Waals surface area contributed by atoms with Crippen LogP contribution in [0.15, 0.2) is 24.3 Å². The molecule has 0 atom stereocenters. The number of ether oxygens (including phenoxy) is 1. The standard InChI is InChI=1S/C13H18N2O5S/c16-13(17)11-3-5-12(6-4-11)20-10-7-14-21(18,19)15-8-1-2-9-15/h3-6,14H,1-2,7-10H2,(H,16,17). The number of carboxylic acids is 1. The molecule has 1 aliphatic rings. The molecule has 2 rings (SSSR count). The SMILES string of the molecule is O=C(O)c1ccc(OCCNS(=O)(=O)N2CCCC2)cc1. The van der Waals surface area contributed by atoms with Crippen LogP contribution in [0.2, 0.25) is 0 Å². The van der Waals surface area contributed by atoms with Gasteiger partial charge in [0.1, 0.15) is 12.4 Å². The molecule has 0 amide bonds. The van der Waals surface area contributed by atoms with E-state index in [0.29, 0.717) is 18.8 Å². The minimum atomic E-state index is -3.41. The summed E-state index contributed by atoms with van der Waals surface area (Å²) in [4.78, 5) is 10.7. The summed E-state index contributed by atoms with van der Waals surface area (Å²) in [5, 5.41) is 8.76. The van der Waals surface area contributed by atoms with E-state index in [2.05, 4.69) is 4.72 Å². The molecule has 0 spiro atoms. The highest BCUT2D eigenvalue weighted by Crippen LogP contribution is 2.13. The molecule has 0 bridgehead atoms. The predicted octanol–water partition coefficient (Wildman–Crippen LogP) is 0.694. The van der Waals surface area contributed by atoms with Crippen LogP contribution in [0.3, 0.4) is 0 Å². The molecular formula is C13H18N2O5S. The Morgan fingerprint density at radius 1 is 1.24 bits per heavy atom. The van der Waals surface area contributed by atoms with Crippen LogP contribution < -0.4 is 9.46 Å². The molecule has 8 heteroatoms. The van der Waals surface area contributed by atoms with Gasteiger partial charge in [0.2, 0.25) is 0 Å². The van der Waals surface area contributed by atoms with Crippen molar-refractivity contribution in [2.24, 2.45) is 0 Å². The molecule has 1 heterocycles. The van der Waals surface area contributed by atoms with E-state index in [0.717, 1.165) is 12.8 Å². The summed E-state index contributed by atoms with van der Waals surface area (Å²) in [6.45, 7) is 1.47. The molecule has 1 fully saturated rings. The van der Waals surface area contributed by atoms with Crippen LogP contribution >= 0.6 is 0 Å². The number of carboxylic acid groups (broad SMARTS) is 1. The van der Waals surface area contributed by atoms with Crippen molar-refractivity contribution in [3.8, 4) is 5.75 Å². The maximum Gasteiger partial charge on any atom is 0.335 e. The fraction of sp³-hybridized carbons (Fsp3) is 0.462. The van der Waals surface area contributed by atoms with Gasteiger partial charge in [-0.3, -0.25) is 0 Å². The first-order valence-electron chi connectivity index (χ1n) is 6.70. The Kier molecular flexibility index (Phi) is 5.16. The first kappa shape index (κ1) is 15.7. The highest BCUT2D eigenvalue weighted by Gasteiger charge is 2.24. The van der Waals surface area contributed by atoms with Crippen LogP contribution in [0.1, 0.15) is 23.2 Å². The molecule has 21 heavy (non-hydrogen) atoms. The van der Waals surface area contributed by atoms with E-state index < -0.39 is 16.2 Å². The second-order valence-corrected chi connectivity index (χ2v) is 6.44. The number of aromatic carboxylic acids is 1. The third-order valence-corrected chi connectivity index (χ3v) is 4.78. The van der Waals surface area contributed by atoms with Gasteiger partial charge < -0.3 is 9.84 Å². The summed E-state index contributed by atoms with van der Waals surface area (Å²) in [5.74, 6) is -0.500. The van der Waals surface area contributed by atoms with Crippen molar-refractivity contribution in [2.75, 3.05) is 26.2 Å². The third-order valence-electron chi connectivity index (χ3n) is 3.16. The minimum absolute atomic E-state index is 0.166. The lowest BCUT2D eigenvalue weighted by molar-refractivity contribution is 0.0697. The monoisotopic (exact) mass is 314 g/mol. The van der Waals surface area contributed by atoms with Gasteiger partial charge in [-0.15, -0.1) is 0 Å². The summed E-state index contributed by atoms with van der Waals surface area (Å²) in [6, 6.07) is 5.95. The molecule has 0 unspecified atom stereocenters. The van der Waals surface area contributed by atoms with E-state index in [9.17, 15) is 13.2 Å². The molecule has 1 aromatic carbocycles. The van der Waals surface area contributed by atoms with Gasteiger partial charge in [-0.2, -0.15) is 17.4 Å². The zero-order valence-electron chi connectivity index (χ0n) is 11.5. The van der Waals surface area contributed by atoms with E-state index in [1.807, 2.05) is 0 Å². The number of rotatable bonds is 7. The lowest BCUT2D eigenvalue weighted by Gasteiger charge is -2.16. The van der Waals surface area contributed by atoms with E-state index in [-0.39, 0.29) is 18.7 Å². The summed E-state index contributed by atoms with van der Waals surface area (Å²) in [5.41, 5.74) is 0.178. The van der Waals surface area contributed by atoms with Gasteiger partial charge in [0.15, 0.2) is 0 Å². The molecule has 0 aliphatic carbocycles. The Morgan fingerprint density at radius 2 is 1.86 bits per heavy atom. The van der Waals surface area contributed by atoms with Gasteiger partial charge in [-0.25, -0.2) is 4.79 Å². The molecule has 0 radical (unpaired) electrons. The average molecular weight is 314 g/mol. The van der Waals surface area contributed by atoms with Gasteiger partial charge in [0.25, 0.3) is 10.2 Å². The van der Waals surface area contributed by atoms with Crippen LogP contribution in [-0.4, -0.2) is 50.0 Å². The first-order chi connectivity index (χ1) is 9.99. The number of hydrogen-bond donors (Lipinski definition) is 2. The fourth-order valence-corrected chi connectivity index (χ4v) is 3.32. The van der Waals surface area contributed by atoms with Crippen molar-refractivity contribution in [3.63, 3.8) is 0 Å². The second kappa shape index (κ2) is 6.88. The number of nitrogens with one attached hydrogen (secondary N) is 1. The van der Waals surface area contributed by atoms with Gasteiger partial charge in [0, 0.05) is 19.6 Å². The molecule has 116 valence electrons. The zero-order chi connectivity index (χ0) is 15.3. The Morgan fingerprint density at radius 3 is 2.43 bits per heavy atom. The minimum Gasteiger partial charge on any atom is -0.492 e. The molecule has 2 N–H and O–H groups in total. The number of benzene rings is 1. The Balaban J connectivity index is 1.75. The molecule has 1 aromatic rings. The number of carbonyl (C=O) groups is 1. The van der Waals surface area contributed by atoms with Crippen LogP contribution in [0.25, 0.3) is 0 Å². The normalized spacial score (nSPS) is 16.0. The zero-order valence-corrected chi connectivity index (χ0v) is 12.3. The van der Waals surface area contributed by atoms with Crippen molar-refractivity contribution in [1.29, 1.82) is 0 Å². The Bertz CT molecular complexity index is 579. The van der Waals surface area contributed by atoms with Crippen LogP contribution in [0, 0.1) is 0 Å². The van der Waals surface area contributed by atoms with Crippen molar-refractivity contribution >= 4 is 16.2 Å². The van der Waals surface area contributed by atoms with Gasteiger partial charge >= 0.3 is 5.97 Å². The molecule has 1 aliphatic heterocycles. The molecule has 7 nitrogen and oxygen atoms in total. The van der Waals surface area contributed by atoms with Gasteiger partial charge in [-0.05, 0) is 37.1 Å². The van der Waals surface area contributed by atoms with Crippen molar-refractivity contribution in [2.45, 2.75) is 12.8 Å². The second-order valence-electron chi connectivity index (χ2n) is 4.68. The highest BCUT2D eigenvalue weighted by atomic mass is 32.2. The lowest BCUT2D eigenvalue weighted by atomic mass is 10.2. The Hall–Kier alpha value is -1.64. The van der Waals surface area contributed by atoms with Gasteiger partial charge in [-0.1, -0.05) is 0 Å². The molecule has 1 saturated heterocycles. The number of nitrogens with zero attached hydrogens (tertiary/aromatic N) is 1. The van der Waals surface area contributed by atoms with Crippen molar-refractivity contribution in [1.82, 2.24) is 9.03 Å². The van der Waals surface area contributed by atoms with E-state index in [1.165, 1.54) is 16.4 Å².